The number of nitrogens with zero attached hydrogens (tertiary/aromatic N) is 4. The summed E-state index contributed by atoms with van der Waals surface area (Å²) in [6, 6.07) is 9.16. The maximum atomic E-state index is 13.5. The quantitative estimate of drug-likeness (QED) is 0.740. The van der Waals surface area contributed by atoms with Gasteiger partial charge in [0.15, 0.2) is 12.9 Å². The molecule has 0 atom stereocenters. The molecule has 5 nitrogen and oxygen atoms in total. The number of hydrogen-bond donors (Lipinski definition) is 1. The van der Waals surface area contributed by atoms with Gasteiger partial charge >= 0.3 is 5.95 Å². The fourth-order valence-corrected chi connectivity index (χ4v) is 2.25. The van der Waals surface area contributed by atoms with Crippen LogP contribution in [0.25, 0.3) is 22.6 Å². The van der Waals surface area contributed by atoms with E-state index in [4.69, 9.17) is 0 Å². The van der Waals surface area contributed by atoms with Gasteiger partial charge in [0.25, 0.3) is 0 Å². The van der Waals surface area contributed by atoms with Crippen LogP contribution in [0.2, 0.25) is 0 Å². The molecule has 0 bridgehead atoms. The summed E-state index contributed by atoms with van der Waals surface area (Å²) >= 11 is 0. The maximum absolute atomic E-state index is 13.5. The number of hydrogen-bond acceptors (Lipinski definition) is 3. The molecular formula is C17H19FN5+. The molecular weight excluding hydrogens is 293 g/mol. The molecule has 0 aliphatic carbocycles. The van der Waals surface area contributed by atoms with Crippen LogP contribution in [0.15, 0.2) is 36.7 Å². The fraction of sp³-hybridized carbons (Fsp3) is 0.294. The van der Waals surface area contributed by atoms with Crippen LogP contribution in [-0.4, -0.2) is 20.1 Å². The van der Waals surface area contributed by atoms with E-state index in [1.807, 2.05) is 24.3 Å². The van der Waals surface area contributed by atoms with Crippen molar-refractivity contribution in [1.29, 1.82) is 0 Å². The molecule has 6 heteroatoms. The SMILES string of the molecule is C[n+]1[nH]c(-c2cccc(-c3ncnc(C(C)(C)C)n3)c2)cc1F. The third-order valence-corrected chi connectivity index (χ3v) is 3.55. The number of rotatable bonds is 2. The molecule has 23 heavy (non-hydrogen) atoms. The van der Waals surface area contributed by atoms with Crippen LogP contribution in [0.3, 0.4) is 0 Å². The second-order valence-corrected chi connectivity index (χ2v) is 6.52. The van der Waals surface area contributed by atoms with Crippen molar-refractivity contribution in [2.75, 3.05) is 0 Å². The summed E-state index contributed by atoms with van der Waals surface area (Å²) in [5, 5.41) is 2.96. The average Bonchev–Trinajstić information content (AvgIpc) is 2.86. The molecule has 0 amide bonds. The van der Waals surface area contributed by atoms with Gasteiger partial charge in [0.2, 0.25) is 0 Å². The van der Waals surface area contributed by atoms with Crippen LogP contribution < -0.4 is 4.68 Å². The van der Waals surface area contributed by atoms with E-state index in [-0.39, 0.29) is 11.4 Å². The van der Waals surface area contributed by atoms with Gasteiger partial charge in [-0.2, -0.15) is 5.10 Å². The van der Waals surface area contributed by atoms with E-state index in [2.05, 4.69) is 40.8 Å². The standard InChI is InChI=1S/C17H18FN5/c1-17(2,3)16-20-10-19-15(21-16)12-7-5-6-11(8-12)13-9-14(18)23(4)22-13/h5-10H,1-4H3/p+1. The normalized spacial score (nSPS) is 11.7. The molecule has 1 aromatic carbocycles. The largest absolute Gasteiger partial charge is 0.384 e. The van der Waals surface area contributed by atoms with Gasteiger partial charge < -0.3 is 0 Å². The Morgan fingerprint density at radius 1 is 1.09 bits per heavy atom. The van der Waals surface area contributed by atoms with Crippen molar-refractivity contribution in [2.24, 2.45) is 7.05 Å². The Bertz CT molecular complexity index is 829. The molecule has 3 rings (SSSR count). The van der Waals surface area contributed by atoms with Gasteiger partial charge in [0.05, 0.1) is 6.07 Å². The molecule has 0 saturated heterocycles. The summed E-state index contributed by atoms with van der Waals surface area (Å²) in [6.45, 7) is 6.18. The van der Waals surface area contributed by atoms with Gasteiger partial charge in [-0.25, -0.2) is 15.0 Å². The number of aromatic nitrogens is 5. The molecule has 3 aromatic rings. The molecule has 1 N–H and O–H groups in total. The molecule has 2 aromatic heterocycles. The predicted molar refractivity (Wildman–Crippen MR) is 84.9 cm³/mol. The van der Waals surface area contributed by atoms with Gasteiger partial charge in [0, 0.05) is 16.5 Å². The highest BCUT2D eigenvalue weighted by atomic mass is 19.1. The predicted octanol–water partition coefficient (Wildman–Crippen LogP) is 2.79. The summed E-state index contributed by atoms with van der Waals surface area (Å²) in [5.41, 5.74) is 2.30. The highest BCUT2D eigenvalue weighted by molar-refractivity contribution is 5.67. The van der Waals surface area contributed by atoms with Crippen LogP contribution in [0.1, 0.15) is 26.6 Å². The fourth-order valence-electron chi connectivity index (χ4n) is 2.25. The lowest BCUT2D eigenvalue weighted by atomic mass is 9.96. The van der Waals surface area contributed by atoms with Gasteiger partial charge in [-0.3, -0.25) is 0 Å². The van der Waals surface area contributed by atoms with E-state index in [0.717, 1.165) is 17.0 Å². The maximum Gasteiger partial charge on any atom is 0.384 e. The van der Waals surface area contributed by atoms with E-state index in [9.17, 15) is 4.39 Å². The Hall–Kier alpha value is -2.63. The lowest BCUT2D eigenvalue weighted by Gasteiger charge is -2.16. The van der Waals surface area contributed by atoms with Crippen molar-refractivity contribution in [2.45, 2.75) is 26.2 Å². The summed E-state index contributed by atoms with van der Waals surface area (Å²) in [5.74, 6) is 1.04. The van der Waals surface area contributed by atoms with E-state index in [1.54, 1.807) is 7.05 Å². The zero-order chi connectivity index (χ0) is 16.6. The number of aryl methyl sites for hydroxylation is 1. The Morgan fingerprint density at radius 2 is 1.83 bits per heavy atom. The molecule has 118 valence electrons. The average molecular weight is 312 g/mol. The number of H-pyrrole nitrogens is 1. The van der Waals surface area contributed by atoms with Crippen molar-refractivity contribution in [3.63, 3.8) is 0 Å². The smallest absolute Gasteiger partial charge is 0.221 e. The third-order valence-electron chi connectivity index (χ3n) is 3.55. The minimum absolute atomic E-state index is 0.147. The van der Waals surface area contributed by atoms with Crippen molar-refractivity contribution >= 4 is 0 Å². The first-order valence-electron chi connectivity index (χ1n) is 7.39. The van der Waals surface area contributed by atoms with E-state index in [0.29, 0.717) is 11.5 Å². The van der Waals surface area contributed by atoms with Gasteiger partial charge in [0.1, 0.15) is 17.8 Å². The van der Waals surface area contributed by atoms with Gasteiger partial charge in [-0.1, -0.05) is 43.7 Å². The minimum atomic E-state index is -0.319. The number of benzene rings is 1. The summed E-state index contributed by atoms with van der Waals surface area (Å²) in [6.07, 6.45) is 1.53. The Morgan fingerprint density at radius 3 is 2.48 bits per heavy atom. The lowest BCUT2D eigenvalue weighted by Crippen LogP contribution is -2.33. The second kappa shape index (κ2) is 5.53. The van der Waals surface area contributed by atoms with Crippen LogP contribution in [0, 0.1) is 5.95 Å². The molecule has 0 aliphatic rings. The van der Waals surface area contributed by atoms with E-state index >= 15 is 0 Å². The number of aromatic amines is 1. The van der Waals surface area contributed by atoms with Crippen LogP contribution in [0.5, 0.6) is 0 Å². The third kappa shape index (κ3) is 3.11. The van der Waals surface area contributed by atoms with Crippen molar-refractivity contribution < 1.29 is 9.07 Å². The molecule has 0 radical (unpaired) electrons. The topological polar surface area (TPSA) is 58.3 Å². The Labute approximate surface area is 134 Å². The first kappa shape index (κ1) is 15.3. The minimum Gasteiger partial charge on any atom is -0.221 e. The first-order valence-corrected chi connectivity index (χ1v) is 7.39. The molecule has 0 aliphatic heterocycles. The summed E-state index contributed by atoms with van der Waals surface area (Å²) in [4.78, 5) is 13.1. The molecule has 0 spiro atoms. The Balaban J connectivity index is 2.03. The van der Waals surface area contributed by atoms with Crippen molar-refractivity contribution in [1.82, 2.24) is 20.1 Å². The highest BCUT2D eigenvalue weighted by Crippen LogP contribution is 2.24. The Kier molecular flexibility index (Phi) is 3.67. The van der Waals surface area contributed by atoms with Crippen LogP contribution in [0.4, 0.5) is 4.39 Å². The number of nitrogens with one attached hydrogen (secondary N) is 1. The van der Waals surface area contributed by atoms with Gasteiger partial charge in [-0.05, 0) is 6.07 Å². The highest BCUT2D eigenvalue weighted by Gasteiger charge is 2.19. The second-order valence-electron chi connectivity index (χ2n) is 6.52. The van der Waals surface area contributed by atoms with E-state index < -0.39 is 0 Å². The monoisotopic (exact) mass is 312 g/mol. The van der Waals surface area contributed by atoms with E-state index in [1.165, 1.54) is 17.1 Å². The summed E-state index contributed by atoms with van der Waals surface area (Å²) < 4.78 is 14.9. The lowest BCUT2D eigenvalue weighted by molar-refractivity contribution is -0.751. The van der Waals surface area contributed by atoms with Crippen LogP contribution >= 0.6 is 0 Å². The molecule has 2 heterocycles. The molecule has 0 unspecified atom stereocenters. The van der Waals surface area contributed by atoms with Crippen molar-refractivity contribution in [3.8, 4) is 22.6 Å². The zero-order valence-electron chi connectivity index (χ0n) is 13.6. The first-order chi connectivity index (χ1) is 10.8. The zero-order valence-corrected chi connectivity index (χ0v) is 13.6. The van der Waals surface area contributed by atoms with Crippen molar-refractivity contribution in [3.05, 3.63) is 48.4 Å². The molecule has 0 fully saturated rings. The molecule has 0 saturated carbocycles. The number of halogens is 1. The van der Waals surface area contributed by atoms with Gasteiger partial charge in [-0.15, -0.1) is 4.39 Å². The summed E-state index contributed by atoms with van der Waals surface area (Å²) in [7, 11) is 1.63. The van der Waals surface area contributed by atoms with Crippen LogP contribution in [-0.2, 0) is 12.5 Å².